The lowest BCUT2D eigenvalue weighted by Crippen LogP contribution is -2.33. The van der Waals surface area contributed by atoms with Crippen LogP contribution >= 0.6 is 0 Å². The average molecular weight is 434 g/mol. The van der Waals surface area contributed by atoms with E-state index in [-0.39, 0.29) is 12.5 Å². The Bertz CT molecular complexity index is 1110. The van der Waals surface area contributed by atoms with Gasteiger partial charge in [0.2, 0.25) is 0 Å². The summed E-state index contributed by atoms with van der Waals surface area (Å²) in [6.45, 7) is 5.41. The molecule has 166 valence electrons. The van der Waals surface area contributed by atoms with Gasteiger partial charge in [0, 0.05) is 7.05 Å². The Morgan fingerprint density at radius 1 is 1.00 bits per heavy atom. The summed E-state index contributed by atoms with van der Waals surface area (Å²) in [5.41, 5.74) is 3.84. The number of carbonyl (C=O) groups excluding carboxylic acids is 3. The quantitative estimate of drug-likeness (QED) is 0.569. The number of furan rings is 1. The SMILES string of the molecule is Cc1cc(C)c(C(=O)OCC(=O)N(C)c2ccccc2C(=O)NCc2ccco2)c(C)c1. The van der Waals surface area contributed by atoms with Gasteiger partial charge in [0.25, 0.3) is 11.8 Å². The standard InChI is InChI=1S/C25H26N2O5/c1-16-12-17(2)23(18(3)13-16)25(30)32-15-22(28)27(4)21-10-6-5-9-20(21)24(29)26-14-19-8-7-11-31-19/h5-13H,14-15H2,1-4H3,(H,26,29). The third-order valence-corrected chi connectivity index (χ3v) is 5.10. The number of carbonyl (C=O) groups is 3. The molecule has 1 heterocycles. The van der Waals surface area contributed by atoms with Gasteiger partial charge in [-0.2, -0.15) is 0 Å². The van der Waals surface area contributed by atoms with E-state index < -0.39 is 18.5 Å². The van der Waals surface area contributed by atoms with Crippen molar-refractivity contribution < 1.29 is 23.5 Å². The molecule has 3 aromatic rings. The lowest BCUT2D eigenvalue weighted by Gasteiger charge is -2.20. The Morgan fingerprint density at radius 2 is 1.69 bits per heavy atom. The molecule has 2 aromatic carbocycles. The number of anilines is 1. The second-order valence-corrected chi connectivity index (χ2v) is 7.58. The van der Waals surface area contributed by atoms with E-state index in [1.165, 1.54) is 18.2 Å². The lowest BCUT2D eigenvalue weighted by atomic mass is 10.00. The number of hydrogen-bond donors (Lipinski definition) is 1. The molecular weight excluding hydrogens is 408 g/mol. The molecule has 0 saturated carbocycles. The summed E-state index contributed by atoms with van der Waals surface area (Å²) in [6.07, 6.45) is 1.53. The number of hydrogen-bond acceptors (Lipinski definition) is 5. The minimum atomic E-state index is -0.550. The van der Waals surface area contributed by atoms with Gasteiger partial charge >= 0.3 is 5.97 Å². The number of para-hydroxylation sites is 1. The highest BCUT2D eigenvalue weighted by atomic mass is 16.5. The molecule has 1 aromatic heterocycles. The highest BCUT2D eigenvalue weighted by Gasteiger charge is 2.21. The van der Waals surface area contributed by atoms with E-state index in [9.17, 15) is 14.4 Å². The molecule has 3 rings (SSSR count). The minimum Gasteiger partial charge on any atom is -0.467 e. The normalized spacial score (nSPS) is 10.5. The summed E-state index contributed by atoms with van der Waals surface area (Å²) < 4.78 is 10.5. The number of rotatable bonds is 7. The van der Waals surface area contributed by atoms with Crippen molar-refractivity contribution in [1.82, 2.24) is 5.32 Å². The molecule has 0 spiro atoms. The van der Waals surface area contributed by atoms with Crippen molar-refractivity contribution in [3.63, 3.8) is 0 Å². The number of esters is 1. The minimum absolute atomic E-state index is 0.227. The Balaban J connectivity index is 1.67. The van der Waals surface area contributed by atoms with Crippen LogP contribution in [0.2, 0.25) is 0 Å². The molecule has 0 atom stereocenters. The first-order valence-electron chi connectivity index (χ1n) is 10.2. The van der Waals surface area contributed by atoms with Gasteiger partial charge in [-0.05, 0) is 56.2 Å². The number of nitrogens with zero attached hydrogens (tertiary/aromatic N) is 1. The van der Waals surface area contributed by atoms with Gasteiger partial charge in [-0.15, -0.1) is 0 Å². The Morgan fingerprint density at radius 3 is 2.34 bits per heavy atom. The van der Waals surface area contributed by atoms with Crippen LogP contribution in [-0.2, 0) is 16.1 Å². The van der Waals surface area contributed by atoms with Crippen molar-refractivity contribution in [3.8, 4) is 0 Å². The predicted octanol–water partition coefficient (Wildman–Crippen LogP) is 3.95. The first kappa shape index (κ1) is 22.8. The summed E-state index contributed by atoms with van der Waals surface area (Å²) in [6, 6.07) is 14.0. The summed E-state index contributed by atoms with van der Waals surface area (Å²) in [4.78, 5) is 39.3. The van der Waals surface area contributed by atoms with Crippen LogP contribution in [-0.4, -0.2) is 31.4 Å². The lowest BCUT2D eigenvalue weighted by molar-refractivity contribution is -0.121. The van der Waals surface area contributed by atoms with Crippen molar-refractivity contribution >= 4 is 23.5 Å². The van der Waals surface area contributed by atoms with Crippen LogP contribution < -0.4 is 10.2 Å². The second kappa shape index (κ2) is 9.96. The van der Waals surface area contributed by atoms with Crippen LogP contribution in [0.1, 0.15) is 43.2 Å². The molecule has 2 amide bonds. The summed E-state index contributed by atoms with van der Waals surface area (Å²) >= 11 is 0. The largest absolute Gasteiger partial charge is 0.467 e. The molecule has 0 fully saturated rings. The van der Waals surface area contributed by atoms with E-state index in [0.717, 1.165) is 16.7 Å². The van der Waals surface area contributed by atoms with E-state index in [2.05, 4.69) is 5.32 Å². The molecule has 7 nitrogen and oxygen atoms in total. The van der Waals surface area contributed by atoms with Crippen molar-refractivity contribution in [2.24, 2.45) is 0 Å². The first-order chi connectivity index (χ1) is 15.3. The summed E-state index contributed by atoms with van der Waals surface area (Å²) in [5.74, 6) is -0.730. The second-order valence-electron chi connectivity index (χ2n) is 7.58. The number of aryl methyl sites for hydroxylation is 3. The van der Waals surface area contributed by atoms with Crippen LogP contribution in [0.3, 0.4) is 0 Å². The summed E-state index contributed by atoms with van der Waals surface area (Å²) in [7, 11) is 1.54. The molecule has 0 aliphatic carbocycles. The van der Waals surface area contributed by atoms with Gasteiger partial charge < -0.3 is 19.4 Å². The van der Waals surface area contributed by atoms with Crippen LogP contribution in [0.5, 0.6) is 0 Å². The van der Waals surface area contributed by atoms with Gasteiger partial charge in [0.05, 0.1) is 29.6 Å². The maximum Gasteiger partial charge on any atom is 0.339 e. The smallest absolute Gasteiger partial charge is 0.339 e. The zero-order valence-electron chi connectivity index (χ0n) is 18.6. The van der Waals surface area contributed by atoms with Gasteiger partial charge in [0.15, 0.2) is 6.61 Å². The molecule has 0 radical (unpaired) electrons. The third kappa shape index (κ3) is 5.24. The number of benzene rings is 2. The maximum atomic E-state index is 12.7. The van der Waals surface area contributed by atoms with Crippen LogP contribution in [0.25, 0.3) is 0 Å². The van der Waals surface area contributed by atoms with Crippen molar-refractivity contribution in [2.45, 2.75) is 27.3 Å². The van der Waals surface area contributed by atoms with Crippen molar-refractivity contribution in [2.75, 3.05) is 18.6 Å². The third-order valence-electron chi connectivity index (χ3n) is 5.10. The fourth-order valence-electron chi connectivity index (χ4n) is 3.57. The Hall–Kier alpha value is -3.87. The molecule has 0 aliphatic heterocycles. The fraction of sp³-hybridized carbons (Fsp3) is 0.240. The highest BCUT2D eigenvalue weighted by molar-refractivity contribution is 6.05. The van der Waals surface area contributed by atoms with E-state index in [4.69, 9.17) is 9.15 Å². The molecule has 0 saturated heterocycles. The Kier molecular flexibility index (Phi) is 7.10. The summed E-state index contributed by atoms with van der Waals surface area (Å²) in [5, 5.41) is 2.77. The monoisotopic (exact) mass is 434 g/mol. The molecular formula is C25H26N2O5. The molecule has 1 N–H and O–H groups in total. The van der Waals surface area contributed by atoms with Crippen LogP contribution in [0.15, 0.2) is 59.2 Å². The highest BCUT2D eigenvalue weighted by Crippen LogP contribution is 2.21. The number of nitrogens with one attached hydrogen (secondary N) is 1. The van der Waals surface area contributed by atoms with E-state index in [1.54, 1.807) is 36.4 Å². The van der Waals surface area contributed by atoms with E-state index in [0.29, 0.717) is 22.6 Å². The predicted molar refractivity (Wildman–Crippen MR) is 121 cm³/mol. The number of ether oxygens (including phenoxy) is 1. The fourth-order valence-corrected chi connectivity index (χ4v) is 3.57. The van der Waals surface area contributed by atoms with E-state index in [1.807, 2.05) is 32.9 Å². The zero-order valence-corrected chi connectivity index (χ0v) is 18.6. The first-order valence-corrected chi connectivity index (χ1v) is 10.2. The molecule has 0 unspecified atom stereocenters. The van der Waals surface area contributed by atoms with Gasteiger partial charge in [-0.1, -0.05) is 29.8 Å². The van der Waals surface area contributed by atoms with Crippen molar-refractivity contribution in [3.05, 3.63) is 88.4 Å². The number of likely N-dealkylation sites (N-methyl/N-ethyl adjacent to an activating group) is 1. The molecule has 32 heavy (non-hydrogen) atoms. The van der Waals surface area contributed by atoms with Crippen LogP contribution in [0.4, 0.5) is 5.69 Å². The number of amides is 2. The van der Waals surface area contributed by atoms with Gasteiger partial charge in [-0.25, -0.2) is 4.79 Å². The maximum absolute atomic E-state index is 12.7. The van der Waals surface area contributed by atoms with E-state index >= 15 is 0 Å². The van der Waals surface area contributed by atoms with Crippen LogP contribution in [0, 0.1) is 20.8 Å². The van der Waals surface area contributed by atoms with Crippen molar-refractivity contribution in [1.29, 1.82) is 0 Å². The molecule has 7 heteroatoms. The zero-order chi connectivity index (χ0) is 23.3. The molecule has 0 aliphatic rings. The average Bonchev–Trinajstić information content (AvgIpc) is 3.28. The Labute approximate surface area is 187 Å². The topological polar surface area (TPSA) is 88.9 Å². The molecule has 0 bridgehead atoms. The van der Waals surface area contributed by atoms with Gasteiger partial charge in [-0.3, -0.25) is 9.59 Å². The van der Waals surface area contributed by atoms with Gasteiger partial charge in [0.1, 0.15) is 5.76 Å².